The highest BCUT2D eigenvalue weighted by molar-refractivity contribution is 9.10. The number of hydrogen-bond acceptors (Lipinski definition) is 3. The minimum absolute atomic E-state index is 0.0345. The highest BCUT2D eigenvalue weighted by Gasteiger charge is 2.22. The van der Waals surface area contributed by atoms with Crippen LogP contribution in [-0.2, 0) is 16.0 Å². The van der Waals surface area contributed by atoms with Crippen LogP contribution in [0.3, 0.4) is 0 Å². The summed E-state index contributed by atoms with van der Waals surface area (Å²) >= 11 is 3.46. The molecule has 0 saturated heterocycles. The van der Waals surface area contributed by atoms with Gasteiger partial charge in [-0.15, -0.1) is 0 Å². The van der Waals surface area contributed by atoms with Gasteiger partial charge in [0.2, 0.25) is 0 Å². The van der Waals surface area contributed by atoms with E-state index in [-0.39, 0.29) is 6.10 Å². The molecule has 0 amide bonds. The Kier molecular flexibility index (Phi) is 3.49. The van der Waals surface area contributed by atoms with Gasteiger partial charge < -0.3 is 10.1 Å². The summed E-state index contributed by atoms with van der Waals surface area (Å²) in [6.07, 6.45) is 1.79. The first-order valence-corrected chi connectivity index (χ1v) is 6.12. The zero-order valence-electron chi connectivity index (χ0n) is 9.07. The molecule has 0 aliphatic carbocycles. The van der Waals surface area contributed by atoms with Gasteiger partial charge in [-0.3, -0.25) is 4.79 Å². The Labute approximate surface area is 103 Å². The Morgan fingerprint density at radius 1 is 1.69 bits per heavy atom. The summed E-state index contributed by atoms with van der Waals surface area (Å²) in [5.41, 5.74) is 2.50. The molecule has 1 heterocycles. The number of carbonyl (C=O) groups excluding carboxylic acids is 1. The van der Waals surface area contributed by atoms with E-state index >= 15 is 0 Å². The van der Waals surface area contributed by atoms with Crippen LogP contribution in [0, 0.1) is 0 Å². The lowest BCUT2D eigenvalue weighted by molar-refractivity contribution is -0.133. The first-order chi connectivity index (χ1) is 7.69. The summed E-state index contributed by atoms with van der Waals surface area (Å²) < 4.78 is 6.00. The molecule has 2 rings (SSSR count). The Hall–Kier alpha value is -1.03. The van der Waals surface area contributed by atoms with Gasteiger partial charge in [-0.1, -0.05) is 15.9 Å². The third kappa shape index (κ3) is 2.55. The first kappa shape index (κ1) is 11.5. The van der Waals surface area contributed by atoms with Crippen LogP contribution < -0.4 is 5.32 Å². The molecule has 1 N–H and O–H groups in total. The van der Waals surface area contributed by atoms with E-state index in [9.17, 15) is 4.79 Å². The maximum absolute atomic E-state index is 10.2. The molecule has 1 aliphatic rings. The van der Waals surface area contributed by atoms with Crippen molar-refractivity contribution in [3.8, 4) is 0 Å². The van der Waals surface area contributed by atoms with Crippen molar-refractivity contribution >= 4 is 28.1 Å². The molecule has 16 heavy (non-hydrogen) atoms. The van der Waals surface area contributed by atoms with Gasteiger partial charge in [0.05, 0.1) is 0 Å². The number of anilines is 1. The average Bonchev–Trinajstić information content (AvgIpc) is 2.59. The zero-order valence-corrected chi connectivity index (χ0v) is 10.7. The van der Waals surface area contributed by atoms with E-state index in [2.05, 4.69) is 33.4 Å². The normalized spacial score (nSPS) is 19.8. The van der Waals surface area contributed by atoms with Crippen LogP contribution in [0.15, 0.2) is 22.7 Å². The van der Waals surface area contributed by atoms with Crippen molar-refractivity contribution in [1.82, 2.24) is 0 Å². The summed E-state index contributed by atoms with van der Waals surface area (Å²) in [6, 6.07) is 6.59. The first-order valence-electron chi connectivity index (χ1n) is 5.33. The predicted molar refractivity (Wildman–Crippen MR) is 66.5 cm³/mol. The number of rotatable bonds is 4. The molecule has 0 radical (unpaired) electrons. The molecule has 0 aromatic heterocycles. The molecule has 1 aromatic rings. The van der Waals surface area contributed by atoms with Gasteiger partial charge in [-0.25, -0.2) is 0 Å². The molecule has 4 heteroatoms. The van der Waals surface area contributed by atoms with Crippen molar-refractivity contribution < 1.29 is 9.53 Å². The maximum Gasteiger partial charge on any atom is 0.293 e. The maximum atomic E-state index is 10.2. The molecule has 2 unspecified atom stereocenters. The summed E-state index contributed by atoms with van der Waals surface area (Å²) in [5.74, 6) is 0. The molecule has 0 saturated carbocycles. The molecular formula is C12H14BrNO2. The smallest absolute Gasteiger partial charge is 0.293 e. The molecule has 1 aliphatic heterocycles. The van der Waals surface area contributed by atoms with Gasteiger partial charge in [0.15, 0.2) is 0 Å². The third-order valence-corrected chi connectivity index (χ3v) is 3.29. The SMILES string of the molecule is CC(CC1Cc2cc(Br)ccc2N1)OC=O. The van der Waals surface area contributed by atoms with Gasteiger partial charge in [0.25, 0.3) is 6.47 Å². The predicted octanol–water partition coefficient (Wildman–Crippen LogP) is 2.74. The van der Waals surface area contributed by atoms with Crippen LogP contribution in [-0.4, -0.2) is 18.6 Å². The van der Waals surface area contributed by atoms with Crippen LogP contribution in [0.25, 0.3) is 0 Å². The van der Waals surface area contributed by atoms with Gasteiger partial charge in [0, 0.05) is 22.6 Å². The standard InChI is InChI=1S/C12H14BrNO2/c1-8(16-7-15)4-11-6-9-5-10(13)2-3-12(9)14-11/h2-3,5,7-8,11,14H,4,6H2,1H3. The Morgan fingerprint density at radius 3 is 3.25 bits per heavy atom. The fraction of sp³-hybridized carbons (Fsp3) is 0.417. The number of ether oxygens (including phenoxy) is 1. The van der Waals surface area contributed by atoms with Crippen LogP contribution in [0.2, 0.25) is 0 Å². The number of benzene rings is 1. The second-order valence-corrected chi connectivity index (χ2v) is 5.04. The molecule has 2 atom stereocenters. The summed E-state index contributed by atoms with van der Waals surface area (Å²) in [6.45, 7) is 2.43. The van der Waals surface area contributed by atoms with Crippen molar-refractivity contribution in [3.05, 3.63) is 28.2 Å². The number of carbonyl (C=O) groups is 1. The number of hydrogen-bond donors (Lipinski definition) is 1. The van der Waals surface area contributed by atoms with E-state index in [1.54, 1.807) is 0 Å². The summed E-state index contributed by atoms with van der Waals surface area (Å²) in [5, 5.41) is 3.43. The Balaban J connectivity index is 1.97. The molecule has 1 aromatic carbocycles. The van der Waals surface area contributed by atoms with Crippen molar-refractivity contribution in [3.63, 3.8) is 0 Å². The second kappa shape index (κ2) is 4.87. The second-order valence-electron chi connectivity index (χ2n) is 4.13. The minimum atomic E-state index is -0.0345. The summed E-state index contributed by atoms with van der Waals surface area (Å²) in [4.78, 5) is 10.2. The molecule has 86 valence electrons. The molecule has 0 spiro atoms. The number of fused-ring (bicyclic) bond motifs is 1. The van der Waals surface area contributed by atoms with E-state index in [1.165, 1.54) is 11.3 Å². The van der Waals surface area contributed by atoms with E-state index in [0.717, 1.165) is 17.3 Å². The number of halogens is 1. The van der Waals surface area contributed by atoms with E-state index in [0.29, 0.717) is 12.5 Å². The quantitative estimate of drug-likeness (QED) is 0.864. The van der Waals surface area contributed by atoms with Crippen molar-refractivity contribution in [2.75, 3.05) is 5.32 Å². The molecular weight excluding hydrogens is 270 g/mol. The van der Waals surface area contributed by atoms with Crippen LogP contribution in [0.5, 0.6) is 0 Å². The third-order valence-electron chi connectivity index (χ3n) is 2.80. The Morgan fingerprint density at radius 2 is 2.50 bits per heavy atom. The van der Waals surface area contributed by atoms with Crippen LogP contribution in [0.4, 0.5) is 5.69 Å². The average molecular weight is 284 g/mol. The molecule has 3 nitrogen and oxygen atoms in total. The topological polar surface area (TPSA) is 38.3 Å². The van der Waals surface area contributed by atoms with Gasteiger partial charge in [0.1, 0.15) is 6.10 Å². The van der Waals surface area contributed by atoms with E-state index in [4.69, 9.17) is 4.74 Å². The summed E-state index contributed by atoms with van der Waals surface area (Å²) in [7, 11) is 0. The largest absolute Gasteiger partial charge is 0.465 e. The highest BCUT2D eigenvalue weighted by Crippen LogP contribution is 2.30. The van der Waals surface area contributed by atoms with E-state index in [1.807, 2.05) is 13.0 Å². The van der Waals surface area contributed by atoms with E-state index < -0.39 is 0 Å². The lowest BCUT2D eigenvalue weighted by Gasteiger charge is -2.15. The molecule has 0 fully saturated rings. The highest BCUT2D eigenvalue weighted by atomic mass is 79.9. The van der Waals surface area contributed by atoms with Gasteiger partial charge >= 0.3 is 0 Å². The fourth-order valence-corrected chi connectivity index (χ4v) is 2.51. The van der Waals surface area contributed by atoms with Crippen molar-refractivity contribution in [2.24, 2.45) is 0 Å². The fourth-order valence-electron chi connectivity index (χ4n) is 2.10. The minimum Gasteiger partial charge on any atom is -0.465 e. The lowest BCUT2D eigenvalue weighted by Crippen LogP contribution is -2.22. The lowest BCUT2D eigenvalue weighted by atomic mass is 10.1. The Bertz CT molecular complexity index is 395. The monoisotopic (exact) mass is 283 g/mol. The molecule has 0 bridgehead atoms. The van der Waals surface area contributed by atoms with Crippen molar-refractivity contribution in [2.45, 2.75) is 31.9 Å². The number of nitrogens with one attached hydrogen (secondary N) is 1. The van der Waals surface area contributed by atoms with Crippen molar-refractivity contribution in [1.29, 1.82) is 0 Å². The zero-order chi connectivity index (χ0) is 11.5. The van der Waals surface area contributed by atoms with Crippen LogP contribution >= 0.6 is 15.9 Å². The van der Waals surface area contributed by atoms with Gasteiger partial charge in [-0.05, 0) is 37.1 Å². The van der Waals surface area contributed by atoms with Crippen LogP contribution in [0.1, 0.15) is 18.9 Å². The van der Waals surface area contributed by atoms with Gasteiger partial charge in [-0.2, -0.15) is 0 Å².